The summed E-state index contributed by atoms with van der Waals surface area (Å²) in [7, 11) is 4.56. The lowest BCUT2D eigenvalue weighted by Gasteiger charge is -2.19. The van der Waals surface area contributed by atoms with Crippen molar-refractivity contribution in [3.63, 3.8) is 0 Å². The lowest BCUT2D eigenvalue weighted by Crippen LogP contribution is -2.19. The zero-order chi connectivity index (χ0) is 27.2. The lowest BCUT2D eigenvalue weighted by molar-refractivity contribution is 0.101. The van der Waals surface area contributed by atoms with Crippen LogP contribution in [-0.4, -0.2) is 51.4 Å². The number of amides is 1. The number of anilines is 2. The van der Waals surface area contributed by atoms with E-state index in [0.29, 0.717) is 24.2 Å². The minimum atomic E-state index is -0.550. The number of nitrogens with zero attached hydrogens (tertiary/aromatic N) is 5. The molecule has 0 saturated carbocycles. The Hall–Kier alpha value is -3.89. The monoisotopic (exact) mass is 511 g/mol. The number of methoxy groups -OCH3 is 2. The summed E-state index contributed by atoms with van der Waals surface area (Å²) in [5.74, 6) is 1.36. The first-order valence-corrected chi connectivity index (χ1v) is 12.3. The Morgan fingerprint density at radius 2 is 1.76 bits per heavy atom. The molecular weight excluding hydrogens is 474 g/mol. The van der Waals surface area contributed by atoms with Gasteiger partial charge in [0.15, 0.2) is 5.69 Å². The molecule has 0 aliphatic carbocycles. The minimum Gasteiger partial charge on any atom is -0.479 e. The molecule has 11 heteroatoms. The first-order valence-electron chi connectivity index (χ1n) is 12.3. The predicted octanol–water partition coefficient (Wildman–Crippen LogP) is 4.81. The average molecular weight is 512 g/mol. The van der Waals surface area contributed by atoms with Crippen LogP contribution in [0.15, 0.2) is 24.3 Å². The third kappa shape index (κ3) is 7.08. The third-order valence-electron chi connectivity index (χ3n) is 5.66. The van der Waals surface area contributed by atoms with Gasteiger partial charge in [-0.2, -0.15) is 9.97 Å². The van der Waals surface area contributed by atoms with Crippen molar-refractivity contribution in [2.45, 2.75) is 52.9 Å². The van der Waals surface area contributed by atoms with Crippen LogP contribution in [0.25, 0.3) is 0 Å². The zero-order valence-electron chi connectivity index (χ0n) is 22.9. The number of carbonyl (C=O) groups excluding carboxylic acids is 1. The molecule has 1 aromatic carbocycles. The van der Waals surface area contributed by atoms with Gasteiger partial charge in [0, 0.05) is 13.6 Å². The fourth-order valence-corrected chi connectivity index (χ4v) is 3.51. The quantitative estimate of drug-likeness (QED) is 0.349. The van der Waals surface area contributed by atoms with Gasteiger partial charge in [-0.05, 0) is 41.9 Å². The lowest BCUT2D eigenvalue weighted by atomic mass is 9.87. The number of aromatic nitrogens is 5. The van der Waals surface area contributed by atoms with Crippen LogP contribution in [0.5, 0.6) is 23.5 Å². The second-order valence-corrected chi connectivity index (χ2v) is 10.1. The Balaban J connectivity index is 1.77. The van der Waals surface area contributed by atoms with Crippen molar-refractivity contribution in [1.82, 2.24) is 24.7 Å². The highest BCUT2D eigenvalue weighted by atomic mass is 16.5. The SMILES string of the molecule is COc1nc(NCCCC(C)C)nc(OC)c1NC(=O)c1nnc(Oc2cccc(C(C)(C)C)c2)n1C. The summed E-state index contributed by atoms with van der Waals surface area (Å²) in [5.41, 5.74) is 1.26. The van der Waals surface area contributed by atoms with Gasteiger partial charge in [-0.3, -0.25) is 9.36 Å². The van der Waals surface area contributed by atoms with E-state index in [9.17, 15) is 4.79 Å². The molecule has 2 N–H and O–H groups in total. The Morgan fingerprint density at radius 1 is 1.08 bits per heavy atom. The summed E-state index contributed by atoms with van der Waals surface area (Å²) in [6.45, 7) is 11.4. The van der Waals surface area contributed by atoms with E-state index in [-0.39, 0.29) is 34.7 Å². The molecule has 0 spiro atoms. The van der Waals surface area contributed by atoms with Gasteiger partial charge < -0.3 is 24.8 Å². The standard InChI is InChI=1S/C26H37N7O4/c1-16(2)11-10-14-27-24-29-22(35-7)19(23(30-24)36-8)28-21(34)20-31-32-25(33(20)6)37-18-13-9-12-17(15-18)26(3,4)5/h9,12-13,15-16H,10-11,14H2,1-8H3,(H,28,34)(H,27,29,30). The molecule has 3 aromatic rings. The fraction of sp³-hybridized carbons (Fsp3) is 0.500. The Kier molecular flexibility index (Phi) is 8.90. The molecule has 0 saturated heterocycles. The van der Waals surface area contributed by atoms with Crippen LogP contribution >= 0.6 is 0 Å². The molecule has 2 heterocycles. The van der Waals surface area contributed by atoms with Crippen LogP contribution in [0.2, 0.25) is 0 Å². The van der Waals surface area contributed by atoms with Gasteiger partial charge in [0.2, 0.25) is 23.5 Å². The highest BCUT2D eigenvalue weighted by Crippen LogP contribution is 2.33. The van der Waals surface area contributed by atoms with Crippen LogP contribution in [0.4, 0.5) is 11.6 Å². The highest BCUT2D eigenvalue weighted by Gasteiger charge is 2.24. The normalized spacial score (nSPS) is 11.4. The number of ether oxygens (including phenoxy) is 3. The molecule has 2 aromatic heterocycles. The van der Waals surface area contributed by atoms with Crippen LogP contribution in [0, 0.1) is 5.92 Å². The van der Waals surface area contributed by atoms with Gasteiger partial charge >= 0.3 is 6.01 Å². The summed E-state index contributed by atoms with van der Waals surface area (Å²) < 4.78 is 18.2. The van der Waals surface area contributed by atoms with E-state index >= 15 is 0 Å². The largest absolute Gasteiger partial charge is 0.479 e. The van der Waals surface area contributed by atoms with Crippen molar-refractivity contribution >= 4 is 17.5 Å². The topological polar surface area (TPSA) is 125 Å². The van der Waals surface area contributed by atoms with Crippen LogP contribution < -0.4 is 24.8 Å². The van der Waals surface area contributed by atoms with E-state index in [4.69, 9.17) is 14.2 Å². The summed E-state index contributed by atoms with van der Waals surface area (Å²) in [5, 5.41) is 14.0. The summed E-state index contributed by atoms with van der Waals surface area (Å²) in [4.78, 5) is 21.8. The van der Waals surface area contributed by atoms with E-state index in [1.54, 1.807) is 7.05 Å². The van der Waals surface area contributed by atoms with Crippen molar-refractivity contribution < 1.29 is 19.0 Å². The van der Waals surface area contributed by atoms with Crippen LogP contribution in [0.1, 0.15) is 63.6 Å². The predicted molar refractivity (Wildman–Crippen MR) is 142 cm³/mol. The molecule has 0 unspecified atom stereocenters. The number of hydrogen-bond acceptors (Lipinski definition) is 9. The second-order valence-electron chi connectivity index (χ2n) is 10.1. The van der Waals surface area contributed by atoms with Gasteiger partial charge in [0.25, 0.3) is 5.91 Å². The van der Waals surface area contributed by atoms with Gasteiger partial charge in [-0.25, -0.2) is 0 Å². The molecule has 0 bridgehead atoms. The van der Waals surface area contributed by atoms with E-state index in [1.807, 2.05) is 24.3 Å². The highest BCUT2D eigenvalue weighted by molar-refractivity contribution is 6.03. The molecule has 1 amide bonds. The van der Waals surface area contributed by atoms with Gasteiger partial charge in [0.1, 0.15) is 5.75 Å². The van der Waals surface area contributed by atoms with E-state index in [1.165, 1.54) is 18.8 Å². The Labute approximate surface area is 218 Å². The Bertz CT molecular complexity index is 1190. The van der Waals surface area contributed by atoms with Crippen molar-refractivity contribution in [2.75, 3.05) is 31.4 Å². The van der Waals surface area contributed by atoms with Crippen molar-refractivity contribution in [3.8, 4) is 23.5 Å². The molecular formula is C26H37N7O4. The molecule has 0 aliphatic heterocycles. The first-order chi connectivity index (χ1) is 17.5. The van der Waals surface area contributed by atoms with Crippen molar-refractivity contribution in [2.24, 2.45) is 13.0 Å². The van der Waals surface area contributed by atoms with E-state index < -0.39 is 5.91 Å². The molecule has 11 nitrogen and oxygen atoms in total. The number of nitrogens with one attached hydrogen (secondary N) is 2. The van der Waals surface area contributed by atoms with Crippen LogP contribution in [-0.2, 0) is 12.5 Å². The molecule has 0 aliphatic rings. The molecule has 200 valence electrons. The van der Waals surface area contributed by atoms with Gasteiger partial charge in [-0.15, -0.1) is 5.10 Å². The number of rotatable bonds is 11. The maximum atomic E-state index is 13.1. The van der Waals surface area contributed by atoms with Gasteiger partial charge in [-0.1, -0.05) is 51.9 Å². The zero-order valence-corrected chi connectivity index (χ0v) is 22.9. The van der Waals surface area contributed by atoms with Crippen molar-refractivity contribution in [1.29, 1.82) is 0 Å². The second kappa shape index (κ2) is 11.9. The summed E-state index contributed by atoms with van der Waals surface area (Å²) in [6.07, 6.45) is 2.06. The molecule has 37 heavy (non-hydrogen) atoms. The smallest absolute Gasteiger partial charge is 0.322 e. The first kappa shape index (κ1) is 27.7. The van der Waals surface area contributed by atoms with E-state index in [2.05, 4.69) is 65.4 Å². The average Bonchev–Trinajstić information content (AvgIpc) is 3.21. The number of benzene rings is 1. The van der Waals surface area contributed by atoms with Gasteiger partial charge in [0.05, 0.1) is 14.2 Å². The molecule has 3 rings (SSSR count). The number of carbonyl (C=O) groups is 1. The maximum Gasteiger partial charge on any atom is 0.322 e. The fourth-order valence-electron chi connectivity index (χ4n) is 3.51. The Morgan fingerprint density at radius 3 is 2.35 bits per heavy atom. The van der Waals surface area contributed by atoms with Crippen LogP contribution in [0.3, 0.4) is 0 Å². The van der Waals surface area contributed by atoms with E-state index in [0.717, 1.165) is 18.4 Å². The summed E-state index contributed by atoms with van der Waals surface area (Å²) >= 11 is 0. The van der Waals surface area contributed by atoms with Crippen molar-refractivity contribution in [3.05, 3.63) is 35.7 Å². The molecule has 0 fully saturated rings. The molecule has 0 atom stereocenters. The maximum absolute atomic E-state index is 13.1. The summed E-state index contributed by atoms with van der Waals surface area (Å²) in [6, 6.07) is 7.90. The minimum absolute atomic E-state index is 0.0296. The number of hydrogen-bond donors (Lipinski definition) is 2. The third-order valence-corrected chi connectivity index (χ3v) is 5.66. The molecule has 0 radical (unpaired) electrons.